The summed E-state index contributed by atoms with van der Waals surface area (Å²) in [6.45, 7) is 0. The van der Waals surface area contributed by atoms with Gasteiger partial charge in [-0.05, 0) is 17.3 Å². The van der Waals surface area contributed by atoms with Crippen LogP contribution in [0.1, 0.15) is 0 Å². The molecule has 0 unspecified atom stereocenters. The molecule has 0 atom stereocenters. The summed E-state index contributed by atoms with van der Waals surface area (Å²) in [6.07, 6.45) is 1.46. The molecule has 0 fully saturated rings. The summed E-state index contributed by atoms with van der Waals surface area (Å²) in [4.78, 5) is 12.8. The number of para-hydroxylation sites is 1. The zero-order valence-electron chi connectivity index (χ0n) is 8.70. The summed E-state index contributed by atoms with van der Waals surface area (Å²) < 4.78 is 5.18. The minimum absolute atomic E-state index is 0.348. The van der Waals surface area contributed by atoms with Gasteiger partial charge in [0.05, 0.1) is 11.8 Å². The van der Waals surface area contributed by atoms with Crippen LogP contribution in [-0.2, 0) is 0 Å². The Hall–Kier alpha value is -2.63. The van der Waals surface area contributed by atoms with Crippen molar-refractivity contribution in [1.29, 1.82) is 0 Å². The van der Waals surface area contributed by atoms with Crippen LogP contribution in [0.5, 0.6) is 0 Å². The maximum Gasteiger partial charge on any atom is 0.345 e. The van der Waals surface area contributed by atoms with Gasteiger partial charge in [-0.3, -0.25) is 0 Å². The fraction of sp³-hybridized carbons (Fsp3) is 0. The van der Waals surface area contributed by atoms with Gasteiger partial charge in [0.2, 0.25) is 0 Å². The molecule has 0 saturated carbocycles. The summed E-state index contributed by atoms with van der Waals surface area (Å²) in [5.41, 5.74) is 0.831. The summed E-state index contributed by atoms with van der Waals surface area (Å²) >= 11 is 0. The lowest BCUT2D eigenvalue weighted by atomic mass is 10.1. The van der Waals surface area contributed by atoms with E-state index in [0.29, 0.717) is 16.8 Å². The van der Waals surface area contributed by atoms with Gasteiger partial charge >= 0.3 is 5.63 Å². The molecule has 84 valence electrons. The predicted molar refractivity (Wildman–Crippen MR) is 61.7 cm³/mol. The molecule has 0 aliphatic rings. The van der Waals surface area contributed by atoms with E-state index in [1.165, 1.54) is 6.20 Å². The Balaban J connectivity index is 2.30. The van der Waals surface area contributed by atoms with Crippen LogP contribution >= 0.6 is 0 Å². The van der Waals surface area contributed by atoms with Gasteiger partial charge in [0.25, 0.3) is 0 Å². The molecule has 0 saturated heterocycles. The highest BCUT2D eigenvalue weighted by Crippen LogP contribution is 2.18. The van der Waals surface area contributed by atoms with Crippen LogP contribution in [0.15, 0.2) is 45.7 Å². The SMILES string of the molecule is Nn1cc(-c2cc3ccccc3oc2=O)nn1. The quantitative estimate of drug-likeness (QED) is 0.491. The van der Waals surface area contributed by atoms with Gasteiger partial charge in [0.1, 0.15) is 11.3 Å². The number of fused-ring (bicyclic) bond motifs is 1. The fourth-order valence-corrected chi connectivity index (χ4v) is 1.64. The lowest BCUT2D eigenvalue weighted by Gasteiger charge is -1.98. The van der Waals surface area contributed by atoms with Crippen molar-refractivity contribution >= 4 is 11.0 Å². The minimum atomic E-state index is -0.454. The largest absolute Gasteiger partial charge is 0.422 e. The summed E-state index contributed by atoms with van der Waals surface area (Å²) in [5.74, 6) is 5.39. The molecule has 2 heterocycles. The van der Waals surface area contributed by atoms with Crippen LogP contribution in [0.2, 0.25) is 0 Å². The normalized spacial score (nSPS) is 10.8. The Kier molecular flexibility index (Phi) is 1.94. The van der Waals surface area contributed by atoms with Crippen molar-refractivity contribution in [3.63, 3.8) is 0 Å². The monoisotopic (exact) mass is 228 g/mol. The molecule has 0 aliphatic heterocycles. The number of hydrogen-bond donors (Lipinski definition) is 1. The number of nitrogen functional groups attached to an aromatic ring is 1. The van der Waals surface area contributed by atoms with Crippen molar-refractivity contribution in [1.82, 2.24) is 15.1 Å². The molecule has 0 amide bonds. The third kappa shape index (κ3) is 1.55. The van der Waals surface area contributed by atoms with E-state index >= 15 is 0 Å². The van der Waals surface area contributed by atoms with Gasteiger partial charge < -0.3 is 10.3 Å². The van der Waals surface area contributed by atoms with E-state index in [2.05, 4.69) is 10.3 Å². The van der Waals surface area contributed by atoms with Crippen molar-refractivity contribution < 1.29 is 4.42 Å². The molecule has 2 aromatic heterocycles. The van der Waals surface area contributed by atoms with Crippen molar-refractivity contribution in [2.24, 2.45) is 0 Å². The van der Waals surface area contributed by atoms with E-state index in [9.17, 15) is 4.79 Å². The van der Waals surface area contributed by atoms with Gasteiger partial charge in [-0.2, -0.15) is 4.79 Å². The third-order valence-corrected chi connectivity index (χ3v) is 2.43. The highest BCUT2D eigenvalue weighted by atomic mass is 16.4. The van der Waals surface area contributed by atoms with E-state index in [1.54, 1.807) is 18.2 Å². The van der Waals surface area contributed by atoms with E-state index in [0.717, 1.165) is 10.2 Å². The lowest BCUT2D eigenvalue weighted by molar-refractivity contribution is 0.563. The first-order chi connectivity index (χ1) is 8.24. The van der Waals surface area contributed by atoms with E-state index < -0.39 is 5.63 Å². The molecule has 17 heavy (non-hydrogen) atoms. The number of benzene rings is 1. The summed E-state index contributed by atoms with van der Waals surface area (Å²) in [6, 6.07) is 8.98. The first kappa shape index (κ1) is 9.59. The molecule has 2 N–H and O–H groups in total. The van der Waals surface area contributed by atoms with Gasteiger partial charge in [-0.15, -0.1) is 5.10 Å². The summed E-state index contributed by atoms with van der Waals surface area (Å²) in [7, 11) is 0. The van der Waals surface area contributed by atoms with Crippen LogP contribution in [0, 0.1) is 0 Å². The smallest absolute Gasteiger partial charge is 0.345 e. The number of nitrogens with two attached hydrogens (primary N) is 1. The first-order valence-corrected chi connectivity index (χ1v) is 4.95. The number of hydrogen-bond acceptors (Lipinski definition) is 5. The lowest BCUT2D eigenvalue weighted by Crippen LogP contribution is -2.07. The van der Waals surface area contributed by atoms with Gasteiger partial charge in [-0.25, -0.2) is 4.79 Å². The Labute approximate surface area is 95.2 Å². The third-order valence-electron chi connectivity index (χ3n) is 2.43. The van der Waals surface area contributed by atoms with Crippen LogP contribution < -0.4 is 11.5 Å². The first-order valence-electron chi connectivity index (χ1n) is 4.95. The molecule has 0 aliphatic carbocycles. The highest BCUT2D eigenvalue weighted by Gasteiger charge is 2.10. The molecular weight excluding hydrogens is 220 g/mol. The van der Waals surface area contributed by atoms with Crippen molar-refractivity contribution in [2.75, 3.05) is 5.84 Å². The topological polar surface area (TPSA) is 86.9 Å². The second-order valence-corrected chi connectivity index (χ2v) is 3.57. The standard InChI is InChI=1S/C11H8N4O2/c12-15-6-9(13-14-15)8-5-7-3-1-2-4-10(7)17-11(8)16/h1-6H,12H2. The summed E-state index contributed by atoms with van der Waals surface area (Å²) in [5, 5.41) is 8.19. The number of aromatic nitrogens is 3. The van der Waals surface area contributed by atoms with Gasteiger partial charge in [0, 0.05) is 5.39 Å². The second-order valence-electron chi connectivity index (χ2n) is 3.57. The molecular formula is C11H8N4O2. The van der Waals surface area contributed by atoms with Gasteiger partial charge in [0.15, 0.2) is 0 Å². The Morgan fingerprint density at radius 3 is 2.88 bits per heavy atom. The predicted octanol–water partition coefficient (Wildman–Crippen LogP) is 0.765. The fourth-order valence-electron chi connectivity index (χ4n) is 1.64. The van der Waals surface area contributed by atoms with Crippen LogP contribution in [0.3, 0.4) is 0 Å². The molecule has 0 spiro atoms. The molecule has 3 rings (SSSR count). The van der Waals surface area contributed by atoms with E-state index in [1.807, 2.05) is 12.1 Å². The number of rotatable bonds is 1. The van der Waals surface area contributed by atoms with Gasteiger partial charge in [-0.1, -0.05) is 18.2 Å². The minimum Gasteiger partial charge on any atom is -0.422 e. The zero-order valence-corrected chi connectivity index (χ0v) is 8.70. The maximum atomic E-state index is 11.8. The van der Waals surface area contributed by atoms with E-state index in [-0.39, 0.29) is 0 Å². The van der Waals surface area contributed by atoms with E-state index in [4.69, 9.17) is 10.3 Å². The molecule has 6 nitrogen and oxygen atoms in total. The van der Waals surface area contributed by atoms with Crippen LogP contribution in [0.4, 0.5) is 0 Å². The van der Waals surface area contributed by atoms with Crippen molar-refractivity contribution in [3.05, 3.63) is 46.9 Å². The molecule has 0 bridgehead atoms. The average Bonchev–Trinajstić information content (AvgIpc) is 2.75. The van der Waals surface area contributed by atoms with Crippen LogP contribution in [0.25, 0.3) is 22.2 Å². The van der Waals surface area contributed by atoms with Crippen molar-refractivity contribution in [2.45, 2.75) is 0 Å². The van der Waals surface area contributed by atoms with Crippen molar-refractivity contribution in [3.8, 4) is 11.3 Å². The maximum absolute atomic E-state index is 11.8. The molecule has 0 radical (unpaired) electrons. The Bertz CT molecular complexity index is 744. The molecule has 6 heteroatoms. The zero-order chi connectivity index (χ0) is 11.8. The highest BCUT2D eigenvalue weighted by molar-refractivity contribution is 5.80. The second kappa shape index (κ2) is 3.44. The Morgan fingerprint density at radius 1 is 1.29 bits per heavy atom. The molecule has 3 aromatic rings. The average molecular weight is 228 g/mol. The Morgan fingerprint density at radius 2 is 2.12 bits per heavy atom. The number of nitrogens with zero attached hydrogens (tertiary/aromatic N) is 3. The molecule has 1 aromatic carbocycles. The van der Waals surface area contributed by atoms with Crippen LogP contribution in [-0.4, -0.2) is 15.1 Å².